The van der Waals surface area contributed by atoms with Gasteiger partial charge in [0.05, 0.1) is 20.8 Å². The molecule has 0 aliphatic rings. The Morgan fingerprint density at radius 2 is 2.33 bits per heavy atom. The van der Waals surface area contributed by atoms with E-state index in [9.17, 15) is 10.1 Å². The summed E-state index contributed by atoms with van der Waals surface area (Å²) in [5.41, 5.74) is 0.372. The third kappa shape index (κ3) is 1.39. The largest absolute Gasteiger partial charge is 0.276 e. The van der Waals surface area contributed by atoms with Crippen LogP contribution in [0.25, 0.3) is 10.9 Å². The summed E-state index contributed by atoms with van der Waals surface area (Å²) in [5, 5.41) is 26.0. The Labute approximate surface area is 88.2 Å². The molecular formula is C8H3ClN4O2. The first-order chi connectivity index (χ1) is 7.13. The number of nitro groups is 1. The molecule has 15 heavy (non-hydrogen) atoms. The van der Waals surface area contributed by atoms with E-state index in [1.807, 2.05) is 6.07 Å². The van der Waals surface area contributed by atoms with Gasteiger partial charge in [0.1, 0.15) is 6.07 Å². The zero-order valence-electron chi connectivity index (χ0n) is 7.19. The maximum Gasteiger partial charge on any atom is 0.273 e. The molecule has 0 bridgehead atoms. The zero-order valence-corrected chi connectivity index (χ0v) is 7.95. The number of nitro benzene ring substituents is 1. The lowest BCUT2D eigenvalue weighted by molar-refractivity contribution is -0.384. The summed E-state index contributed by atoms with van der Waals surface area (Å²) in [6.45, 7) is 0. The Morgan fingerprint density at radius 1 is 1.60 bits per heavy atom. The maximum atomic E-state index is 10.5. The monoisotopic (exact) mass is 222 g/mol. The van der Waals surface area contributed by atoms with Gasteiger partial charge in [-0.3, -0.25) is 15.2 Å². The highest BCUT2D eigenvalue weighted by Gasteiger charge is 2.15. The number of H-pyrrole nitrogens is 1. The summed E-state index contributed by atoms with van der Waals surface area (Å²) in [5.74, 6) is 0. The molecule has 6 nitrogen and oxygen atoms in total. The van der Waals surface area contributed by atoms with E-state index in [2.05, 4.69) is 10.2 Å². The van der Waals surface area contributed by atoms with E-state index in [1.54, 1.807) is 0 Å². The number of nitriles is 1. The van der Waals surface area contributed by atoms with Crippen LogP contribution in [0.4, 0.5) is 5.69 Å². The lowest BCUT2D eigenvalue weighted by Gasteiger charge is -1.94. The predicted molar refractivity (Wildman–Crippen MR) is 52.5 cm³/mol. The van der Waals surface area contributed by atoms with Crippen molar-refractivity contribution in [2.24, 2.45) is 0 Å². The van der Waals surface area contributed by atoms with E-state index in [0.717, 1.165) is 0 Å². The van der Waals surface area contributed by atoms with Gasteiger partial charge in [0.15, 0.2) is 5.69 Å². The number of nitrogens with zero attached hydrogens (tertiary/aromatic N) is 3. The molecule has 0 fully saturated rings. The Morgan fingerprint density at radius 3 is 2.93 bits per heavy atom. The molecule has 1 N–H and O–H groups in total. The summed E-state index contributed by atoms with van der Waals surface area (Å²) < 4.78 is 0. The van der Waals surface area contributed by atoms with Crippen molar-refractivity contribution in [2.75, 3.05) is 0 Å². The van der Waals surface area contributed by atoms with Gasteiger partial charge >= 0.3 is 0 Å². The number of rotatable bonds is 1. The van der Waals surface area contributed by atoms with E-state index in [1.165, 1.54) is 12.1 Å². The van der Waals surface area contributed by atoms with Gasteiger partial charge in [0.25, 0.3) is 5.69 Å². The Bertz CT molecular complexity index is 598. The normalized spacial score (nSPS) is 10.1. The van der Waals surface area contributed by atoms with Gasteiger partial charge in [-0.2, -0.15) is 10.4 Å². The van der Waals surface area contributed by atoms with Crippen molar-refractivity contribution in [3.05, 3.63) is 33.0 Å². The molecule has 2 aromatic rings. The van der Waals surface area contributed by atoms with Crippen molar-refractivity contribution in [3.63, 3.8) is 0 Å². The fourth-order valence-corrected chi connectivity index (χ4v) is 1.58. The molecule has 0 unspecified atom stereocenters. The lowest BCUT2D eigenvalue weighted by atomic mass is 10.2. The number of aromatic amines is 1. The summed E-state index contributed by atoms with van der Waals surface area (Å²) in [6, 6.07) is 4.32. The number of halogens is 1. The predicted octanol–water partition coefficient (Wildman–Crippen LogP) is 2.00. The van der Waals surface area contributed by atoms with Gasteiger partial charge in [-0.15, -0.1) is 0 Å². The minimum absolute atomic E-state index is 0.130. The standard InChI is InChI=1S/C8H3ClN4O2/c9-5-1-4(13(14)15)2-6-8(5)7(3-10)12-11-6/h1-2H,(H,11,12). The highest BCUT2D eigenvalue weighted by atomic mass is 35.5. The van der Waals surface area contributed by atoms with Crippen molar-refractivity contribution in [1.82, 2.24) is 10.2 Å². The average Bonchev–Trinajstić information content (AvgIpc) is 2.60. The van der Waals surface area contributed by atoms with Crippen molar-refractivity contribution >= 4 is 28.2 Å². The third-order valence-corrected chi connectivity index (χ3v) is 2.21. The first-order valence-corrected chi connectivity index (χ1v) is 4.23. The van der Waals surface area contributed by atoms with Crippen LogP contribution in [0.3, 0.4) is 0 Å². The van der Waals surface area contributed by atoms with Crippen molar-refractivity contribution in [1.29, 1.82) is 5.26 Å². The van der Waals surface area contributed by atoms with Gasteiger partial charge in [0.2, 0.25) is 0 Å². The molecule has 0 spiro atoms. The number of fused-ring (bicyclic) bond motifs is 1. The molecule has 1 aromatic carbocycles. The first kappa shape index (κ1) is 9.43. The van der Waals surface area contributed by atoms with E-state index >= 15 is 0 Å². The molecule has 0 radical (unpaired) electrons. The SMILES string of the molecule is N#Cc1n[nH]c2cc([N+](=O)[O-])cc(Cl)c12. The van der Waals surface area contributed by atoms with Crippen LogP contribution in [0, 0.1) is 21.4 Å². The van der Waals surface area contributed by atoms with Crippen LogP contribution in [0.1, 0.15) is 5.69 Å². The summed E-state index contributed by atoms with van der Waals surface area (Å²) in [4.78, 5) is 9.96. The molecule has 1 heterocycles. The number of benzene rings is 1. The Kier molecular flexibility index (Phi) is 2.02. The van der Waals surface area contributed by atoms with Crippen LogP contribution in [-0.2, 0) is 0 Å². The van der Waals surface area contributed by atoms with Gasteiger partial charge in [-0.05, 0) is 0 Å². The molecule has 7 heteroatoms. The van der Waals surface area contributed by atoms with Crippen LogP contribution in [0.15, 0.2) is 12.1 Å². The van der Waals surface area contributed by atoms with Crippen LogP contribution in [0.5, 0.6) is 0 Å². The molecule has 0 saturated carbocycles. The van der Waals surface area contributed by atoms with Gasteiger partial charge in [-0.25, -0.2) is 0 Å². The van der Waals surface area contributed by atoms with E-state index in [-0.39, 0.29) is 16.4 Å². The average molecular weight is 223 g/mol. The number of hydrogen-bond acceptors (Lipinski definition) is 4. The van der Waals surface area contributed by atoms with Gasteiger partial charge in [-0.1, -0.05) is 11.6 Å². The van der Waals surface area contributed by atoms with Crippen molar-refractivity contribution in [3.8, 4) is 6.07 Å². The molecule has 0 amide bonds. The van der Waals surface area contributed by atoms with E-state index < -0.39 is 4.92 Å². The van der Waals surface area contributed by atoms with E-state index in [4.69, 9.17) is 16.9 Å². The quantitative estimate of drug-likeness (QED) is 0.590. The first-order valence-electron chi connectivity index (χ1n) is 3.85. The minimum atomic E-state index is -0.557. The molecule has 0 aliphatic carbocycles. The smallest absolute Gasteiger partial charge is 0.273 e. The number of non-ortho nitro benzene ring substituents is 1. The number of aromatic nitrogens is 2. The minimum Gasteiger partial charge on any atom is -0.276 e. The molecule has 0 atom stereocenters. The topological polar surface area (TPSA) is 95.6 Å². The molecule has 0 aliphatic heterocycles. The lowest BCUT2D eigenvalue weighted by Crippen LogP contribution is -1.87. The maximum absolute atomic E-state index is 10.5. The highest BCUT2D eigenvalue weighted by molar-refractivity contribution is 6.36. The van der Waals surface area contributed by atoms with Crippen molar-refractivity contribution < 1.29 is 4.92 Å². The third-order valence-electron chi connectivity index (χ3n) is 1.92. The molecule has 1 aromatic heterocycles. The van der Waals surface area contributed by atoms with Gasteiger partial charge in [0, 0.05) is 12.1 Å². The second kappa shape index (κ2) is 3.22. The van der Waals surface area contributed by atoms with Crippen LogP contribution < -0.4 is 0 Å². The van der Waals surface area contributed by atoms with Crippen LogP contribution >= 0.6 is 11.6 Å². The summed E-state index contributed by atoms with van der Waals surface area (Å²) in [6.07, 6.45) is 0. The van der Waals surface area contributed by atoms with Crippen LogP contribution in [-0.4, -0.2) is 15.1 Å². The molecule has 74 valence electrons. The Balaban J connectivity index is 2.82. The fraction of sp³-hybridized carbons (Fsp3) is 0. The highest BCUT2D eigenvalue weighted by Crippen LogP contribution is 2.29. The van der Waals surface area contributed by atoms with Crippen molar-refractivity contribution in [2.45, 2.75) is 0 Å². The number of nitrogens with one attached hydrogen (secondary N) is 1. The zero-order chi connectivity index (χ0) is 11.0. The second-order valence-electron chi connectivity index (χ2n) is 2.79. The summed E-state index contributed by atoms with van der Waals surface area (Å²) in [7, 11) is 0. The fourth-order valence-electron chi connectivity index (χ4n) is 1.28. The molecule has 2 rings (SSSR count). The second-order valence-corrected chi connectivity index (χ2v) is 3.20. The molecule has 0 saturated heterocycles. The van der Waals surface area contributed by atoms with Crippen LogP contribution in [0.2, 0.25) is 5.02 Å². The Hall–Kier alpha value is -2.13. The summed E-state index contributed by atoms with van der Waals surface area (Å²) >= 11 is 5.82. The molecular weight excluding hydrogens is 220 g/mol. The number of hydrogen-bond donors (Lipinski definition) is 1. The van der Waals surface area contributed by atoms with E-state index in [0.29, 0.717) is 10.9 Å². The van der Waals surface area contributed by atoms with Gasteiger partial charge < -0.3 is 0 Å².